The first-order chi connectivity index (χ1) is 13.5. The first-order valence-corrected chi connectivity index (χ1v) is 10.7. The summed E-state index contributed by atoms with van der Waals surface area (Å²) in [5, 5.41) is 4.12. The lowest BCUT2D eigenvalue weighted by atomic mass is 10.0. The molecule has 0 aliphatic carbocycles. The van der Waals surface area contributed by atoms with Crippen molar-refractivity contribution >= 4 is 23.4 Å². The van der Waals surface area contributed by atoms with Crippen molar-refractivity contribution in [3.05, 3.63) is 60.0 Å². The number of amides is 1. The molecule has 4 rings (SSSR count). The largest absolute Gasteiger partial charge is 0.339 e. The maximum Gasteiger partial charge on any atom is 0.232 e. The Morgan fingerprint density at radius 1 is 1.18 bits per heavy atom. The summed E-state index contributed by atoms with van der Waals surface area (Å²) < 4.78 is 5.51. The van der Waals surface area contributed by atoms with Gasteiger partial charge in [0.25, 0.3) is 0 Å². The molecule has 0 N–H and O–H groups in total. The molecular formula is C22H23N3O2S. The van der Waals surface area contributed by atoms with Gasteiger partial charge in [0.05, 0.1) is 5.92 Å². The monoisotopic (exact) mass is 393 g/mol. The summed E-state index contributed by atoms with van der Waals surface area (Å²) in [5.74, 6) is 1.52. The number of hydrogen-bond acceptors (Lipinski definition) is 5. The van der Waals surface area contributed by atoms with Gasteiger partial charge in [-0.05, 0) is 54.1 Å². The predicted molar refractivity (Wildman–Crippen MR) is 112 cm³/mol. The Bertz CT molecular complexity index is 981. The molecule has 0 radical (unpaired) electrons. The molecule has 1 fully saturated rings. The Balaban J connectivity index is 1.53. The van der Waals surface area contributed by atoms with Crippen molar-refractivity contribution in [1.82, 2.24) is 10.1 Å². The van der Waals surface area contributed by atoms with Crippen LogP contribution in [0.1, 0.15) is 43.6 Å². The summed E-state index contributed by atoms with van der Waals surface area (Å²) in [6.45, 7) is 4.87. The van der Waals surface area contributed by atoms with Crippen LogP contribution in [0.3, 0.4) is 0 Å². The maximum absolute atomic E-state index is 12.6. The zero-order valence-corrected chi connectivity index (χ0v) is 17.1. The highest BCUT2D eigenvalue weighted by atomic mass is 32.2. The van der Waals surface area contributed by atoms with Crippen LogP contribution in [-0.2, 0) is 4.79 Å². The molecule has 1 atom stereocenters. The molecule has 3 aromatic rings. The number of aromatic nitrogens is 2. The van der Waals surface area contributed by atoms with Crippen molar-refractivity contribution in [3.63, 3.8) is 0 Å². The number of anilines is 1. The van der Waals surface area contributed by atoms with Crippen LogP contribution in [0, 0.1) is 0 Å². The van der Waals surface area contributed by atoms with Gasteiger partial charge >= 0.3 is 0 Å². The number of carbonyl (C=O) groups is 1. The molecule has 1 aliphatic heterocycles. The van der Waals surface area contributed by atoms with E-state index in [2.05, 4.69) is 36.1 Å². The van der Waals surface area contributed by atoms with E-state index in [0.717, 1.165) is 11.3 Å². The van der Waals surface area contributed by atoms with E-state index in [0.29, 0.717) is 30.6 Å². The third-order valence-corrected chi connectivity index (χ3v) is 5.86. The standard InChI is InChI=1S/C22H23N3O2S/c1-14(2)16-5-4-6-18(11-16)25-13-17(12-20(25)26)22-23-21(24-27-22)15-7-9-19(28-3)10-8-15/h4-11,14,17H,12-13H2,1-3H3. The maximum atomic E-state index is 12.6. The van der Waals surface area contributed by atoms with E-state index in [1.54, 1.807) is 11.8 Å². The van der Waals surface area contributed by atoms with Crippen molar-refractivity contribution in [2.45, 2.75) is 37.0 Å². The van der Waals surface area contributed by atoms with Crippen LogP contribution < -0.4 is 4.90 Å². The topological polar surface area (TPSA) is 59.2 Å². The molecule has 2 aromatic carbocycles. The molecule has 1 aromatic heterocycles. The molecular weight excluding hydrogens is 370 g/mol. The number of rotatable bonds is 5. The molecule has 0 saturated carbocycles. The Kier molecular flexibility index (Phi) is 5.22. The lowest BCUT2D eigenvalue weighted by Gasteiger charge is -2.18. The van der Waals surface area contributed by atoms with Crippen LogP contribution in [-0.4, -0.2) is 28.8 Å². The summed E-state index contributed by atoms with van der Waals surface area (Å²) in [4.78, 5) is 20.2. The summed E-state index contributed by atoms with van der Waals surface area (Å²) >= 11 is 1.69. The fourth-order valence-corrected chi connectivity index (χ4v) is 3.84. The molecule has 28 heavy (non-hydrogen) atoms. The fourth-order valence-electron chi connectivity index (χ4n) is 3.43. The number of nitrogens with zero attached hydrogens (tertiary/aromatic N) is 3. The summed E-state index contributed by atoms with van der Waals surface area (Å²) in [7, 11) is 0. The highest BCUT2D eigenvalue weighted by Gasteiger charge is 2.35. The van der Waals surface area contributed by atoms with Crippen molar-refractivity contribution in [2.24, 2.45) is 0 Å². The van der Waals surface area contributed by atoms with E-state index in [-0.39, 0.29) is 11.8 Å². The number of carbonyl (C=O) groups excluding carboxylic acids is 1. The van der Waals surface area contributed by atoms with E-state index in [4.69, 9.17) is 4.52 Å². The number of benzene rings is 2. The average Bonchev–Trinajstić information content (AvgIpc) is 3.35. The van der Waals surface area contributed by atoms with Gasteiger partial charge in [-0.25, -0.2) is 0 Å². The zero-order chi connectivity index (χ0) is 19.7. The average molecular weight is 394 g/mol. The molecule has 1 unspecified atom stereocenters. The number of thioether (sulfide) groups is 1. The number of hydrogen-bond donors (Lipinski definition) is 0. The molecule has 2 heterocycles. The molecule has 0 spiro atoms. The van der Waals surface area contributed by atoms with Gasteiger partial charge < -0.3 is 9.42 Å². The molecule has 1 aliphatic rings. The minimum Gasteiger partial charge on any atom is -0.339 e. The Labute approximate surface area is 169 Å². The van der Waals surface area contributed by atoms with Crippen LogP contribution >= 0.6 is 11.8 Å². The minimum atomic E-state index is -0.0815. The van der Waals surface area contributed by atoms with Crippen molar-refractivity contribution in [2.75, 3.05) is 17.7 Å². The molecule has 0 bridgehead atoms. The highest BCUT2D eigenvalue weighted by Crippen LogP contribution is 2.33. The van der Waals surface area contributed by atoms with Crippen molar-refractivity contribution < 1.29 is 9.32 Å². The normalized spacial score (nSPS) is 16.9. The van der Waals surface area contributed by atoms with E-state index < -0.39 is 0 Å². The van der Waals surface area contributed by atoms with E-state index in [1.165, 1.54) is 10.5 Å². The third kappa shape index (κ3) is 3.69. The zero-order valence-electron chi connectivity index (χ0n) is 16.3. The van der Waals surface area contributed by atoms with Crippen LogP contribution in [0.4, 0.5) is 5.69 Å². The predicted octanol–water partition coefficient (Wildman–Crippen LogP) is 5.10. The molecule has 1 amide bonds. The third-order valence-electron chi connectivity index (χ3n) is 5.11. The van der Waals surface area contributed by atoms with Gasteiger partial charge in [-0.2, -0.15) is 4.98 Å². The van der Waals surface area contributed by atoms with Gasteiger partial charge in [-0.1, -0.05) is 31.1 Å². The first kappa shape index (κ1) is 18.7. The van der Waals surface area contributed by atoms with Crippen LogP contribution in [0.15, 0.2) is 57.9 Å². The minimum absolute atomic E-state index is 0.0815. The SMILES string of the molecule is CSc1ccc(-c2noc(C3CC(=O)N(c4cccc(C(C)C)c4)C3)n2)cc1. The highest BCUT2D eigenvalue weighted by molar-refractivity contribution is 7.98. The van der Waals surface area contributed by atoms with Crippen molar-refractivity contribution in [3.8, 4) is 11.4 Å². The summed E-state index contributed by atoms with van der Waals surface area (Å²) in [6, 6.07) is 16.2. The summed E-state index contributed by atoms with van der Waals surface area (Å²) in [6.07, 6.45) is 2.43. The Morgan fingerprint density at radius 3 is 2.68 bits per heavy atom. The van der Waals surface area contributed by atoms with Crippen molar-refractivity contribution in [1.29, 1.82) is 0 Å². The van der Waals surface area contributed by atoms with Gasteiger partial charge in [0.1, 0.15) is 0 Å². The molecule has 5 nitrogen and oxygen atoms in total. The van der Waals surface area contributed by atoms with Gasteiger partial charge in [0, 0.05) is 29.1 Å². The lowest BCUT2D eigenvalue weighted by molar-refractivity contribution is -0.117. The molecule has 1 saturated heterocycles. The quantitative estimate of drug-likeness (QED) is 0.564. The Morgan fingerprint density at radius 2 is 1.96 bits per heavy atom. The van der Waals surface area contributed by atoms with Gasteiger partial charge in [-0.15, -0.1) is 11.8 Å². The Hall–Kier alpha value is -2.60. The lowest BCUT2D eigenvalue weighted by Crippen LogP contribution is -2.24. The molecule has 6 heteroatoms. The van der Waals surface area contributed by atoms with Gasteiger partial charge in [-0.3, -0.25) is 4.79 Å². The summed E-state index contributed by atoms with van der Waals surface area (Å²) in [5.41, 5.74) is 3.08. The van der Waals surface area contributed by atoms with Crippen LogP contribution in [0.2, 0.25) is 0 Å². The first-order valence-electron chi connectivity index (χ1n) is 9.43. The van der Waals surface area contributed by atoms with E-state index in [1.807, 2.05) is 47.6 Å². The smallest absolute Gasteiger partial charge is 0.232 e. The fraction of sp³-hybridized carbons (Fsp3) is 0.318. The van der Waals surface area contributed by atoms with Gasteiger partial charge in [0.15, 0.2) is 0 Å². The second-order valence-electron chi connectivity index (χ2n) is 7.34. The van der Waals surface area contributed by atoms with Gasteiger partial charge in [0.2, 0.25) is 17.6 Å². The van der Waals surface area contributed by atoms with Crippen LogP contribution in [0.25, 0.3) is 11.4 Å². The van der Waals surface area contributed by atoms with E-state index >= 15 is 0 Å². The second-order valence-corrected chi connectivity index (χ2v) is 8.22. The second kappa shape index (κ2) is 7.80. The van der Waals surface area contributed by atoms with E-state index in [9.17, 15) is 4.79 Å². The van der Waals surface area contributed by atoms with Crippen LogP contribution in [0.5, 0.6) is 0 Å². The molecule has 144 valence electrons.